The van der Waals surface area contributed by atoms with Crippen LogP contribution in [0.25, 0.3) is 0 Å². The number of hydrogen-bond donors (Lipinski definition) is 0. The Bertz CT molecular complexity index is 161. The molecule has 1 aliphatic rings. The Hall–Kier alpha value is -1.04. The van der Waals surface area contributed by atoms with Crippen LogP contribution in [0.2, 0.25) is 0 Å². The molecule has 0 aromatic heterocycles. The van der Waals surface area contributed by atoms with Gasteiger partial charge in [-0.1, -0.05) is 0 Å². The van der Waals surface area contributed by atoms with E-state index in [0.717, 1.165) is 12.8 Å². The normalized spacial score (nSPS) is 31.1. The molecule has 1 rings (SSSR count). The topological polar surface area (TPSA) is 50.1 Å². The number of nitrogens with zero attached hydrogens (tertiary/aromatic N) is 1. The quantitative estimate of drug-likeness (QED) is 0.566. The number of carbonyl (C=O) groups excluding carboxylic acids is 1. The van der Waals surface area contributed by atoms with Crippen LogP contribution in [-0.2, 0) is 9.53 Å². The van der Waals surface area contributed by atoms with Crippen LogP contribution in [0.15, 0.2) is 0 Å². The maximum Gasteiger partial charge on any atom is 0.417 e. The molecule has 0 N–H and O–H groups in total. The Morgan fingerprint density at radius 1 is 1.50 bits per heavy atom. The molecule has 0 aromatic rings. The second-order valence-electron chi connectivity index (χ2n) is 2.46. The Morgan fingerprint density at radius 2 is 2.30 bits per heavy atom. The minimum atomic E-state index is -0.0536. The van der Waals surface area contributed by atoms with E-state index in [1.54, 1.807) is 0 Å². The van der Waals surface area contributed by atoms with Crippen molar-refractivity contribution < 1.29 is 9.53 Å². The number of hydrogen-bond acceptors (Lipinski definition) is 3. The summed E-state index contributed by atoms with van der Waals surface area (Å²) in [6, 6.07) is 2.14. The number of ether oxygens (including phenoxy) is 1. The highest BCUT2D eigenvalue weighted by Gasteiger charge is 2.25. The average Bonchev–Trinajstić information content (AvgIpc) is 2.37. The van der Waals surface area contributed by atoms with Crippen molar-refractivity contribution in [1.29, 1.82) is 5.26 Å². The summed E-state index contributed by atoms with van der Waals surface area (Å²) in [6.45, 7) is 1.39. The number of nitriles is 1. The molecular formula is C7H8NO2. The molecular weight excluding hydrogens is 130 g/mol. The van der Waals surface area contributed by atoms with Gasteiger partial charge in [0.05, 0.1) is 6.07 Å². The van der Waals surface area contributed by atoms with Crippen molar-refractivity contribution in [2.75, 3.05) is 0 Å². The molecule has 0 aromatic carbocycles. The molecule has 1 fully saturated rings. The van der Waals surface area contributed by atoms with E-state index in [-0.39, 0.29) is 12.0 Å². The molecule has 1 radical (unpaired) electrons. The Kier molecular flexibility index (Phi) is 2.27. The maximum atomic E-state index is 9.73. The summed E-state index contributed by atoms with van der Waals surface area (Å²) < 4.78 is 4.58. The van der Waals surface area contributed by atoms with Gasteiger partial charge in [-0.25, -0.2) is 4.79 Å². The van der Waals surface area contributed by atoms with E-state index in [1.165, 1.54) is 6.47 Å². The molecule has 0 aliphatic heterocycles. The summed E-state index contributed by atoms with van der Waals surface area (Å²) in [5.41, 5.74) is 0. The molecule has 0 heterocycles. The highest BCUT2D eigenvalue weighted by atomic mass is 16.5. The van der Waals surface area contributed by atoms with Crippen LogP contribution < -0.4 is 0 Å². The van der Waals surface area contributed by atoms with Gasteiger partial charge in [-0.3, -0.25) is 0 Å². The molecule has 53 valence electrons. The molecule has 1 saturated carbocycles. The fourth-order valence-electron chi connectivity index (χ4n) is 1.23. The lowest BCUT2D eigenvalue weighted by Crippen LogP contribution is -2.06. The Balaban J connectivity index is 2.30. The first-order valence-corrected chi connectivity index (χ1v) is 3.29. The first-order valence-electron chi connectivity index (χ1n) is 3.29. The SMILES string of the molecule is N#CC1CCC(O[C]=O)C1. The summed E-state index contributed by atoms with van der Waals surface area (Å²) in [6.07, 6.45) is 2.30. The van der Waals surface area contributed by atoms with Crippen molar-refractivity contribution in [1.82, 2.24) is 0 Å². The van der Waals surface area contributed by atoms with Crippen molar-refractivity contribution >= 4 is 6.47 Å². The molecule has 0 amide bonds. The highest BCUT2D eigenvalue weighted by Crippen LogP contribution is 2.26. The second-order valence-corrected chi connectivity index (χ2v) is 2.46. The standard InChI is InChI=1S/C7H8NO2/c8-4-6-1-2-7(3-6)10-5-9/h6-7H,1-3H2. The zero-order valence-electron chi connectivity index (χ0n) is 5.54. The van der Waals surface area contributed by atoms with Crippen LogP contribution in [0.5, 0.6) is 0 Å². The Morgan fingerprint density at radius 3 is 2.80 bits per heavy atom. The molecule has 3 nitrogen and oxygen atoms in total. The molecule has 2 unspecified atom stereocenters. The van der Waals surface area contributed by atoms with Gasteiger partial charge in [0.15, 0.2) is 0 Å². The van der Waals surface area contributed by atoms with Crippen molar-refractivity contribution in [2.45, 2.75) is 25.4 Å². The van der Waals surface area contributed by atoms with Crippen LogP contribution in [0, 0.1) is 17.2 Å². The highest BCUT2D eigenvalue weighted by molar-refractivity contribution is 5.38. The lowest BCUT2D eigenvalue weighted by molar-refractivity contribution is 0.181. The maximum absolute atomic E-state index is 9.73. The molecule has 3 heteroatoms. The van der Waals surface area contributed by atoms with Crippen molar-refractivity contribution in [3.05, 3.63) is 0 Å². The molecule has 0 spiro atoms. The van der Waals surface area contributed by atoms with Gasteiger partial charge in [0, 0.05) is 12.3 Å². The van der Waals surface area contributed by atoms with E-state index in [9.17, 15) is 4.79 Å². The molecule has 0 bridgehead atoms. The van der Waals surface area contributed by atoms with E-state index >= 15 is 0 Å². The van der Waals surface area contributed by atoms with Gasteiger partial charge in [-0.2, -0.15) is 5.26 Å². The third-order valence-electron chi connectivity index (χ3n) is 1.78. The average molecular weight is 138 g/mol. The third kappa shape index (κ3) is 1.47. The largest absolute Gasteiger partial charge is 0.454 e. The Labute approximate surface area is 59.6 Å². The lowest BCUT2D eigenvalue weighted by Gasteiger charge is -2.02. The predicted molar refractivity (Wildman–Crippen MR) is 33.5 cm³/mol. The van der Waals surface area contributed by atoms with Crippen LogP contribution in [-0.4, -0.2) is 12.6 Å². The second kappa shape index (κ2) is 3.21. The predicted octanol–water partition coefficient (Wildman–Crippen LogP) is 0.762. The smallest absolute Gasteiger partial charge is 0.417 e. The summed E-state index contributed by atoms with van der Waals surface area (Å²) in [4.78, 5) is 9.73. The van der Waals surface area contributed by atoms with Crippen LogP contribution in [0.3, 0.4) is 0 Å². The molecule has 1 aliphatic carbocycles. The summed E-state index contributed by atoms with van der Waals surface area (Å²) in [7, 11) is 0. The van der Waals surface area contributed by atoms with Gasteiger partial charge < -0.3 is 4.74 Å². The van der Waals surface area contributed by atoms with Gasteiger partial charge in [0.1, 0.15) is 6.10 Å². The fourth-order valence-corrected chi connectivity index (χ4v) is 1.23. The van der Waals surface area contributed by atoms with Gasteiger partial charge >= 0.3 is 6.47 Å². The van der Waals surface area contributed by atoms with Crippen LogP contribution in [0.4, 0.5) is 0 Å². The fraction of sp³-hybridized carbons (Fsp3) is 0.714. The van der Waals surface area contributed by atoms with Gasteiger partial charge in [-0.15, -0.1) is 0 Å². The van der Waals surface area contributed by atoms with Gasteiger partial charge in [0.25, 0.3) is 0 Å². The van der Waals surface area contributed by atoms with Crippen molar-refractivity contribution in [2.24, 2.45) is 5.92 Å². The van der Waals surface area contributed by atoms with E-state index < -0.39 is 0 Å². The van der Waals surface area contributed by atoms with Gasteiger partial charge in [-0.05, 0) is 12.8 Å². The summed E-state index contributed by atoms with van der Waals surface area (Å²) in [5.74, 6) is 0.0818. The van der Waals surface area contributed by atoms with E-state index in [1.807, 2.05) is 0 Å². The van der Waals surface area contributed by atoms with Crippen LogP contribution in [0.1, 0.15) is 19.3 Å². The molecule has 10 heavy (non-hydrogen) atoms. The monoisotopic (exact) mass is 138 g/mol. The van der Waals surface area contributed by atoms with Crippen molar-refractivity contribution in [3.8, 4) is 6.07 Å². The van der Waals surface area contributed by atoms with E-state index in [0.29, 0.717) is 6.42 Å². The van der Waals surface area contributed by atoms with E-state index in [2.05, 4.69) is 10.8 Å². The zero-order chi connectivity index (χ0) is 7.40. The molecule has 0 saturated heterocycles. The third-order valence-corrected chi connectivity index (χ3v) is 1.78. The lowest BCUT2D eigenvalue weighted by atomic mass is 10.1. The van der Waals surface area contributed by atoms with Crippen molar-refractivity contribution in [3.63, 3.8) is 0 Å². The summed E-state index contributed by atoms with van der Waals surface area (Å²) in [5, 5.41) is 8.45. The van der Waals surface area contributed by atoms with E-state index in [4.69, 9.17) is 5.26 Å². The first-order chi connectivity index (χ1) is 4.86. The number of rotatable bonds is 2. The summed E-state index contributed by atoms with van der Waals surface area (Å²) >= 11 is 0. The van der Waals surface area contributed by atoms with Crippen LogP contribution >= 0.6 is 0 Å². The first kappa shape index (κ1) is 7.07. The zero-order valence-corrected chi connectivity index (χ0v) is 5.54. The minimum absolute atomic E-state index is 0.0536. The minimum Gasteiger partial charge on any atom is -0.454 e. The van der Waals surface area contributed by atoms with Gasteiger partial charge in [0.2, 0.25) is 0 Å². The molecule has 2 atom stereocenters.